The van der Waals surface area contributed by atoms with Crippen LogP contribution in [0.1, 0.15) is 15.9 Å². The minimum atomic E-state index is -0.216. The standard InChI is InChI=1S/C18H19ClN4O2/c1-13-8-15(19)2-3-17(13)21-18(25)14-9-16(11-20-10-14)23-6-4-22(12-24)5-7-23/h2-3,8-12H,4-7H2,1H3,(H,21,25). The number of aromatic nitrogens is 1. The number of piperazine rings is 1. The van der Waals surface area contributed by atoms with Gasteiger partial charge in [0.2, 0.25) is 6.41 Å². The summed E-state index contributed by atoms with van der Waals surface area (Å²) >= 11 is 5.94. The van der Waals surface area contributed by atoms with E-state index in [1.807, 2.05) is 13.0 Å². The molecule has 7 heteroatoms. The zero-order chi connectivity index (χ0) is 17.8. The van der Waals surface area contributed by atoms with E-state index in [1.165, 1.54) is 0 Å². The molecule has 1 fully saturated rings. The first-order valence-corrected chi connectivity index (χ1v) is 8.41. The van der Waals surface area contributed by atoms with Gasteiger partial charge in [-0.1, -0.05) is 11.6 Å². The molecule has 6 nitrogen and oxygen atoms in total. The lowest BCUT2D eigenvalue weighted by atomic mass is 10.1. The van der Waals surface area contributed by atoms with Crippen molar-refractivity contribution in [2.24, 2.45) is 0 Å². The molecule has 1 N–H and O–H groups in total. The van der Waals surface area contributed by atoms with Crippen molar-refractivity contribution >= 4 is 35.3 Å². The second-order valence-corrected chi connectivity index (χ2v) is 6.41. The van der Waals surface area contributed by atoms with E-state index in [2.05, 4.69) is 15.2 Å². The highest BCUT2D eigenvalue weighted by Crippen LogP contribution is 2.21. The Labute approximate surface area is 151 Å². The Kier molecular flexibility index (Phi) is 5.19. The number of halogens is 1. The highest BCUT2D eigenvalue weighted by molar-refractivity contribution is 6.30. The van der Waals surface area contributed by atoms with E-state index in [-0.39, 0.29) is 5.91 Å². The summed E-state index contributed by atoms with van der Waals surface area (Å²) in [6, 6.07) is 7.15. The van der Waals surface area contributed by atoms with Crippen LogP contribution in [-0.4, -0.2) is 48.4 Å². The maximum Gasteiger partial charge on any atom is 0.257 e. The van der Waals surface area contributed by atoms with E-state index in [9.17, 15) is 9.59 Å². The van der Waals surface area contributed by atoms with Gasteiger partial charge in [-0.3, -0.25) is 14.6 Å². The van der Waals surface area contributed by atoms with Gasteiger partial charge in [-0.2, -0.15) is 0 Å². The number of carbonyl (C=O) groups excluding carboxylic acids is 2. The number of nitrogens with one attached hydrogen (secondary N) is 1. The van der Waals surface area contributed by atoms with E-state index in [0.29, 0.717) is 23.7 Å². The van der Waals surface area contributed by atoms with Gasteiger partial charge in [-0.15, -0.1) is 0 Å². The van der Waals surface area contributed by atoms with Crippen LogP contribution in [0, 0.1) is 6.92 Å². The summed E-state index contributed by atoms with van der Waals surface area (Å²) in [5, 5.41) is 3.52. The average Bonchev–Trinajstić information content (AvgIpc) is 2.64. The number of pyridine rings is 1. The van der Waals surface area contributed by atoms with Gasteiger partial charge < -0.3 is 15.1 Å². The van der Waals surface area contributed by atoms with Gasteiger partial charge in [0.1, 0.15) is 0 Å². The van der Waals surface area contributed by atoms with Crippen LogP contribution in [0.3, 0.4) is 0 Å². The molecule has 1 aromatic carbocycles. The van der Waals surface area contributed by atoms with Crippen LogP contribution in [0.25, 0.3) is 0 Å². The van der Waals surface area contributed by atoms with Crippen LogP contribution >= 0.6 is 11.6 Å². The molecule has 130 valence electrons. The van der Waals surface area contributed by atoms with Crippen molar-refractivity contribution in [2.75, 3.05) is 36.4 Å². The molecular weight excluding hydrogens is 340 g/mol. The molecular formula is C18H19ClN4O2. The first kappa shape index (κ1) is 17.2. The molecule has 3 rings (SSSR count). The third-order valence-electron chi connectivity index (χ3n) is 4.25. The molecule has 1 aliphatic heterocycles. The quantitative estimate of drug-likeness (QED) is 0.853. The number of amides is 2. The van der Waals surface area contributed by atoms with Crippen molar-refractivity contribution in [1.29, 1.82) is 0 Å². The predicted octanol–water partition coefficient (Wildman–Crippen LogP) is 2.57. The van der Waals surface area contributed by atoms with Crippen molar-refractivity contribution in [3.8, 4) is 0 Å². The largest absolute Gasteiger partial charge is 0.367 e. The minimum Gasteiger partial charge on any atom is -0.367 e. The SMILES string of the molecule is Cc1cc(Cl)ccc1NC(=O)c1cncc(N2CCN(C=O)CC2)c1. The summed E-state index contributed by atoms with van der Waals surface area (Å²) in [4.78, 5) is 31.4. The zero-order valence-corrected chi connectivity index (χ0v) is 14.7. The first-order valence-electron chi connectivity index (χ1n) is 8.03. The molecule has 0 radical (unpaired) electrons. The second kappa shape index (κ2) is 7.53. The Morgan fingerprint density at radius 2 is 1.96 bits per heavy atom. The van der Waals surface area contributed by atoms with Crippen LogP contribution < -0.4 is 10.2 Å². The maximum absolute atomic E-state index is 12.5. The molecule has 0 atom stereocenters. The first-order chi connectivity index (χ1) is 12.1. The minimum absolute atomic E-state index is 0.216. The van der Waals surface area contributed by atoms with Crippen molar-refractivity contribution in [2.45, 2.75) is 6.92 Å². The third-order valence-corrected chi connectivity index (χ3v) is 4.49. The average molecular weight is 359 g/mol. The summed E-state index contributed by atoms with van der Waals surface area (Å²) < 4.78 is 0. The Balaban J connectivity index is 1.72. The summed E-state index contributed by atoms with van der Waals surface area (Å²) in [6.45, 7) is 4.68. The Hall–Kier alpha value is -2.60. The molecule has 25 heavy (non-hydrogen) atoms. The summed E-state index contributed by atoms with van der Waals surface area (Å²) in [6.07, 6.45) is 4.15. The van der Waals surface area contributed by atoms with Gasteiger partial charge in [0.05, 0.1) is 17.4 Å². The molecule has 0 saturated carbocycles. The highest BCUT2D eigenvalue weighted by Gasteiger charge is 2.17. The number of hydrogen-bond donors (Lipinski definition) is 1. The lowest BCUT2D eigenvalue weighted by molar-refractivity contribution is -0.118. The summed E-state index contributed by atoms with van der Waals surface area (Å²) in [5.74, 6) is -0.216. The normalized spacial score (nSPS) is 14.3. The molecule has 0 unspecified atom stereocenters. The van der Waals surface area contributed by atoms with E-state index >= 15 is 0 Å². The topological polar surface area (TPSA) is 65.5 Å². The van der Waals surface area contributed by atoms with Gasteiger partial charge in [0, 0.05) is 43.1 Å². The van der Waals surface area contributed by atoms with Gasteiger partial charge >= 0.3 is 0 Å². The van der Waals surface area contributed by atoms with Gasteiger partial charge in [-0.05, 0) is 36.8 Å². The number of anilines is 2. The molecule has 2 aromatic rings. The smallest absolute Gasteiger partial charge is 0.257 e. The van der Waals surface area contributed by atoms with Crippen LogP contribution in [0.5, 0.6) is 0 Å². The summed E-state index contributed by atoms with van der Waals surface area (Å²) in [7, 11) is 0. The molecule has 1 aromatic heterocycles. The molecule has 0 bridgehead atoms. The van der Waals surface area contributed by atoms with E-state index in [4.69, 9.17) is 11.6 Å². The van der Waals surface area contributed by atoms with Crippen molar-refractivity contribution in [3.05, 3.63) is 52.8 Å². The fourth-order valence-corrected chi connectivity index (χ4v) is 3.00. The fraction of sp³-hybridized carbons (Fsp3) is 0.278. The Morgan fingerprint density at radius 3 is 2.64 bits per heavy atom. The van der Waals surface area contributed by atoms with Gasteiger partial charge in [0.25, 0.3) is 5.91 Å². The van der Waals surface area contributed by atoms with Gasteiger partial charge in [-0.25, -0.2) is 0 Å². The van der Waals surface area contributed by atoms with Crippen LogP contribution in [0.15, 0.2) is 36.7 Å². The van der Waals surface area contributed by atoms with Crippen LogP contribution in [-0.2, 0) is 4.79 Å². The lowest BCUT2D eigenvalue weighted by Gasteiger charge is -2.34. The fourth-order valence-electron chi connectivity index (χ4n) is 2.77. The highest BCUT2D eigenvalue weighted by atomic mass is 35.5. The molecule has 1 saturated heterocycles. The number of benzene rings is 1. The second-order valence-electron chi connectivity index (χ2n) is 5.97. The molecule has 0 spiro atoms. The Morgan fingerprint density at radius 1 is 1.20 bits per heavy atom. The van der Waals surface area contributed by atoms with Crippen molar-refractivity contribution in [1.82, 2.24) is 9.88 Å². The number of carbonyl (C=O) groups is 2. The number of aryl methyl sites for hydroxylation is 1. The van der Waals surface area contributed by atoms with Crippen molar-refractivity contribution < 1.29 is 9.59 Å². The van der Waals surface area contributed by atoms with E-state index in [1.54, 1.807) is 35.5 Å². The van der Waals surface area contributed by atoms with Crippen LogP contribution in [0.4, 0.5) is 11.4 Å². The van der Waals surface area contributed by atoms with E-state index in [0.717, 1.165) is 36.4 Å². The van der Waals surface area contributed by atoms with Crippen molar-refractivity contribution in [3.63, 3.8) is 0 Å². The van der Waals surface area contributed by atoms with Gasteiger partial charge in [0.15, 0.2) is 0 Å². The molecule has 1 aliphatic rings. The summed E-state index contributed by atoms with van der Waals surface area (Å²) in [5.41, 5.74) is 2.99. The molecule has 2 heterocycles. The zero-order valence-electron chi connectivity index (χ0n) is 13.9. The lowest BCUT2D eigenvalue weighted by Crippen LogP contribution is -2.45. The number of nitrogens with zero attached hydrogens (tertiary/aromatic N) is 3. The third kappa shape index (κ3) is 4.09. The van der Waals surface area contributed by atoms with Crippen LogP contribution in [0.2, 0.25) is 5.02 Å². The number of rotatable bonds is 4. The predicted molar refractivity (Wildman–Crippen MR) is 98.2 cm³/mol. The van der Waals surface area contributed by atoms with E-state index < -0.39 is 0 Å². The number of hydrogen-bond acceptors (Lipinski definition) is 4. The molecule has 2 amide bonds. The maximum atomic E-state index is 12.5. The Bertz CT molecular complexity index is 788. The molecule has 0 aliphatic carbocycles. The monoisotopic (exact) mass is 358 g/mol.